The van der Waals surface area contributed by atoms with Gasteiger partial charge in [0.05, 0.1) is 4.90 Å². The molecule has 1 heterocycles. The van der Waals surface area contributed by atoms with Crippen molar-refractivity contribution >= 4 is 33.2 Å². The van der Waals surface area contributed by atoms with Crippen molar-refractivity contribution in [3.05, 3.63) is 53.1 Å². The maximum atomic E-state index is 13.1. The maximum Gasteiger partial charge on any atom is 0.242 e. The summed E-state index contributed by atoms with van der Waals surface area (Å²) in [7, 11) is -3.93. The van der Waals surface area contributed by atoms with Gasteiger partial charge in [0.1, 0.15) is 6.04 Å². The average Bonchev–Trinajstić information content (AvgIpc) is 3.14. The van der Waals surface area contributed by atoms with Gasteiger partial charge in [-0.1, -0.05) is 26.0 Å². The van der Waals surface area contributed by atoms with Crippen LogP contribution in [0.25, 0.3) is 0 Å². The Hall–Kier alpha value is -2.71. The number of rotatable bonds is 7. The standard InChI is InChI=1S/C24H31N3O4S/c1-15(2)13-22(24(29)25-21-8-6-7-16(3)17(21)4)26-32(30,31)20-9-10-23-19(14-20)11-12-27(23)18(5)28/h6-10,14-15,22,26H,11-13H2,1-5H3,(H,25,29). The molecule has 1 atom stereocenters. The van der Waals surface area contributed by atoms with Crippen LogP contribution in [0.3, 0.4) is 0 Å². The van der Waals surface area contributed by atoms with Gasteiger partial charge in [-0.05, 0) is 73.6 Å². The van der Waals surface area contributed by atoms with Crippen LogP contribution in [0.2, 0.25) is 0 Å². The van der Waals surface area contributed by atoms with E-state index >= 15 is 0 Å². The first-order valence-corrected chi connectivity index (χ1v) is 12.3. The Bertz CT molecular complexity index is 1140. The normalized spacial score (nSPS) is 14.4. The summed E-state index contributed by atoms with van der Waals surface area (Å²) in [5, 5.41) is 2.88. The van der Waals surface area contributed by atoms with Crippen LogP contribution in [-0.2, 0) is 26.0 Å². The second kappa shape index (κ2) is 9.42. The average molecular weight is 458 g/mol. The Kier molecular flexibility index (Phi) is 7.05. The Morgan fingerprint density at radius 1 is 1.12 bits per heavy atom. The molecule has 0 radical (unpaired) electrons. The van der Waals surface area contributed by atoms with Crippen LogP contribution in [0.15, 0.2) is 41.3 Å². The van der Waals surface area contributed by atoms with Crippen LogP contribution < -0.4 is 14.9 Å². The van der Waals surface area contributed by atoms with E-state index in [0.29, 0.717) is 25.1 Å². The first-order valence-electron chi connectivity index (χ1n) is 10.8. The van der Waals surface area contributed by atoms with E-state index in [4.69, 9.17) is 0 Å². The van der Waals surface area contributed by atoms with Crippen molar-refractivity contribution in [2.45, 2.75) is 58.4 Å². The summed E-state index contributed by atoms with van der Waals surface area (Å²) in [6.07, 6.45) is 0.958. The van der Waals surface area contributed by atoms with E-state index in [-0.39, 0.29) is 22.6 Å². The number of sulfonamides is 1. The predicted octanol–water partition coefficient (Wildman–Crippen LogP) is 3.54. The molecule has 1 aliphatic rings. The molecule has 172 valence electrons. The number of benzene rings is 2. The van der Waals surface area contributed by atoms with Gasteiger partial charge in [0, 0.05) is 24.8 Å². The molecule has 32 heavy (non-hydrogen) atoms. The fourth-order valence-electron chi connectivity index (χ4n) is 3.91. The molecule has 2 N–H and O–H groups in total. The van der Waals surface area contributed by atoms with Crippen LogP contribution in [0.1, 0.15) is 43.9 Å². The summed E-state index contributed by atoms with van der Waals surface area (Å²) < 4.78 is 28.9. The number of nitrogens with zero attached hydrogens (tertiary/aromatic N) is 1. The van der Waals surface area contributed by atoms with Crippen molar-refractivity contribution in [3.8, 4) is 0 Å². The molecule has 8 heteroatoms. The first-order chi connectivity index (χ1) is 15.0. The second-order valence-electron chi connectivity index (χ2n) is 8.75. The van der Waals surface area contributed by atoms with Crippen molar-refractivity contribution < 1.29 is 18.0 Å². The molecular weight excluding hydrogens is 426 g/mol. The molecule has 0 bridgehead atoms. The largest absolute Gasteiger partial charge is 0.324 e. The Balaban J connectivity index is 1.84. The van der Waals surface area contributed by atoms with Crippen LogP contribution in [-0.4, -0.2) is 32.8 Å². The molecule has 0 saturated heterocycles. The molecule has 0 saturated carbocycles. The van der Waals surface area contributed by atoms with E-state index in [1.807, 2.05) is 45.9 Å². The lowest BCUT2D eigenvalue weighted by molar-refractivity contribution is -0.118. The Labute approximate surface area is 190 Å². The molecule has 0 fully saturated rings. The van der Waals surface area contributed by atoms with Gasteiger partial charge in [0.2, 0.25) is 21.8 Å². The lowest BCUT2D eigenvalue weighted by Gasteiger charge is -2.21. The molecule has 0 aliphatic carbocycles. The number of aryl methyl sites for hydroxylation is 1. The van der Waals surface area contributed by atoms with E-state index in [2.05, 4.69) is 10.0 Å². The third kappa shape index (κ3) is 5.19. The first kappa shape index (κ1) is 23.9. The van der Waals surface area contributed by atoms with Crippen molar-refractivity contribution in [2.24, 2.45) is 5.92 Å². The van der Waals surface area contributed by atoms with Gasteiger partial charge in [-0.15, -0.1) is 0 Å². The van der Waals surface area contributed by atoms with Crippen molar-refractivity contribution in [1.82, 2.24) is 4.72 Å². The summed E-state index contributed by atoms with van der Waals surface area (Å²) in [6.45, 7) is 9.79. The minimum atomic E-state index is -3.93. The number of carbonyl (C=O) groups is 2. The smallest absolute Gasteiger partial charge is 0.242 e. The van der Waals surface area contributed by atoms with E-state index < -0.39 is 16.1 Å². The highest BCUT2D eigenvalue weighted by atomic mass is 32.2. The lowest BCUT2D eigenvalue weighted by Crippen LogP contribution is -2.44. The Morgan fingerprint density at radius 2 is 1.84 bits per heavy atom. The number of hydrogen-bond donors (Lipinski definition) is 2. The number of amides is 2. The molecule has 1 unspecified atom stereocenters. The Morgan fingerprint density at radius 3 is 2.50 bits per heavy atom. The van der Waals surface area contributed by atoms with Crippen molar-refractivity contribution in [2.75, 3.05) is 16.8 Å². The molecule has 0 spiro atoms. The zero-order valence-electron chi connectivity index (χ0n) is 19.2. The van der Waals surface area contributed by atoms with Gasteiger partial charge in [0.15, 0.2) is 0 Å². The maximum absolute atomic E-state index is 13.1. The SMILES string of the molecule is CC(=O)N1CCc2cc(S(=O)(=O)NC(CC(C)C)C(=O)Nc3cccc(C)c3C)ccc21. The van der Waals surface area contributed by atoms with Crippen LogP contribution in [0.4, 0.5) is 11.4 Å². The molecule has 0 aromatic heterocycles. The predicted molar refractivity (Wildman–Crippen MR) is 126 cm³/mol. The number of fused-ring (bicyclic) bond motifs is 1. The fourth-order valence-corrected chi connectivity index (χ4v) is 5.17. The van der Waals surface area contributed by atoms with Gasteiger partial charge in [-0.3, -0.25) is 9.59 Å². The van der Waals surface area contributed by atoms with Gasteiger partial charge in [-0.2, -0.15) is 4.72 Å². The number of carbonyl (C=O) groups excluding carboxylic acids is 2. The highest BCUT2D eigenvalue weighted by Gasteiger charge is 2.29. The molecule has 2 amide bonds. The van der Waals surface area contributed by atoms with Crippen LogP contribution in [0.5, 0.6) is 0 Å². The topological polar surface area (TPSA) is 95.6 Å². The third-order valence-electron chi connectivity index (χ3n) is 5.82. The minimum absolute atomic E-state index is 0.0717. The second-order valence-corrected chi connectivity index (χ2v) is 10.5. The number of nitrogens with one attached hydrogen (secondary N) is 2. The van der Waals surface area contributed by atoms with E-state index in [1.54, 1.807) is 17.0 Å². The molecule has 2 aromatic carbocycles. The highest BCUT2D eigenvalue weighted by Crippen LogP contribution is 2.30. The summed E-state index contributed by atoms with van der Waals surface area (Å²) >= 11 is 0. The number of anilines is 2. The fraction of sp³-hybridized carbons (Fsp3) is 0.417. The lowest BCUT2D eigenvalue weighted by atomic mass is 10.0. The summed E-state index contributed by atoms with van der Waals surface area (Å²) in [5.74, 6) is -0.353. The van der Waals surface area contributed by atoms with E-state index in [1.165, 1.54) is 13.0 Å². The molecule has 1 aliphatic heterocycles. The van der Waals surface area contributed by atoms with Crippen LogP contribution in [0, 0.1) is 19.8 Å². The summed E-state index contributed by atoms with van der Waals surface area (Å²) in [4.78, 5) is 26.5. The number of hydrogen-bond acceptors (Lipinski definition) is 4. The molecule has 2 aromatic rings. The van der Waals surface area contributed by atoms with Gasteiger partial charge < -0.3 is 10.2 Å². The zero-order chi connectivity index (χ0) is 23.6. The van der Waals surface area contributed by atoms with Gasteiger partial charge >= 0.3 is 0 Å². The minimum Gasteiger partial charge on any atom is -0.324 e. The molecule has 7 nitrogen and oxygen atoms in total. The van der Waals surface area contributed by atoms with Gasteiger partial charge in [0.25, 0.3) is 0 Å². The summed E-state index contributed by atoms with van der Waals surface area (Å²) in [6, 6.07) is 9.44. The van der Waals surface area contributed by atoms with E-state index in [9.17, 15) is 18.0 Å². The van der Waals surface area contributed by atoms with Crippen molar-refractivity contribution in [1.29, 1.82) is 0 Å². The zero-order valence-corrected chi connectivity index (χ0v) is 20.0. The molecule has 3 rings (SSSR count). The highest BCUT2D eigenvalue weighted by molar-refractivity contribution is 7.89. The van der Waals surface area contributed by atoms with Gasteiger partial charge in [-0.25, -0.2) is 8.42 Å². The third-order valence-corrected chi connectivity index (χ3v) is 7.29. The quantitative estimate of drug-likeness (QED) is 0.665. The van der Waals surface area contributed by atoms with E-state index in [0.717, 1.165) is 22.4 Å². The monoisotopic (exact) mass is 457 g/mol. The van der Waals surface area contributed by atoms with Crippen LogP contribution >= 0.6 is 0 Å². The molecular formula is C24H31N3O4S. The van der Waals surface area contributed by atoms with Crippen molar-refractivity contribution in [3.63, 3.8) is 0 Å². The summed E-state index contributed by atoms with van der Waals surface area (Å²) in [5.41, 5.74) is 4.21.